The number of aromatic nitrogens is 2. The number of nitrogens with zero attached hydrogens (tertiary/aromatic N) is 1. The van der Waals surface area contributed by atoms with Crippen LogP contribution in [0.5, 0.6) is 0 Å². The third kappa shape index (κ3) is 2.40. The van der Waals surface area contributed by atoms with E-state index in [1.54, 1.807) is 11.8 Å². The van der Waals surface area contributed by atoms with Crippen LogP contribution in [0.1, 0.15) is 10.4 Å². The normalized spacial score (nSPS) is 10.7. The number of aromatic amines is 1. The molecule has 20 heavy (non-hydrogen) atoms. The van der Waals surface area contributed by atoms with Crippen LogP contribution in [0.2, 0.25) is 0 Å². The maximum absolute atomic E-state index is 12.2. The van der Waals surface area contributed by atoms with Crippen molar-refractivity contribution in [3.8, 4) is 0 Å². The van der Waals surface area contributed by atoms with Gasteiger partial charge in [0.25, 0.3) is 5.91 Å². The van der Waals surface area contributed by atoms with Crippen LogP contribution < -0.4 is 5.32 Å². The number of hydrogen-bond acceptors (Lipinski definition) is 3. The highest BCUT2D eigenvalue weighted by Gasteiger charge is 2.10. The number of thioether (sulfide) groups is 1. The minimum atomic E-state index is -0.157. The molecule has 0 bridgehead atoms. The van der Waals surface area contributed by atoms with Gasteiger partial charge < -0.3 is 5.32 Å². The lowest BCUT2D eigenvalue weighted by Crippen LogP contribution is -2.12. The van der Waals surface area contributed by atoms with Crippen LogP contribution in [0.3, 0.4) is 0 Å². The van der Waals surface area contributed by atoms with Crippen LogP contribution in [-0.4, -0.2) is 22.4 Å². The Morgan fingerprint density at radius 1 is 1.15 bits per heavy atom. The summed E-state index contributed by atoms with van der Waals surface area (Å²) in [5.74, 6) is 0.398. The van der Waals surface area contributed by atoms with Gasteiger partial charge in [-0.1, -0.05) is 12.1 Å². The number of amides is 1. The molecule has 4 nitrogen and oxygen atoms in total. The molecule has 0 fully saturated rings. The molecule has 0 saturated heterocycles. The van der Waals surface area contributed by atoms with Crippen molar-refractivity contribution in [1.29, 1.82) is 0 Å². The van der Waals surface area contributed by atoms with Crippen LogP contribution in [0.4, 0.5) is 5.82 Å². The number of carbonyl (C=O) groups is 1. The fraction of sp³-hybridized carbons (Fsp3) is 0.0667. The van der Waals surface area contributed by atoms with Gasteiger partial charge >= 0.3 is 0 Å². The van der Waals surface area contributed by atoms with Crippen molar-refractivity contribution in [2.45, 2.75) is 4.90 Å². The van der Waals surface area contributed by atoms with Gasteiger partial charge in [0.05, 0.1) is 5.52 Å². The second kappa shape index (κ2) is 5.38. The maximum Gasteiger partial charge on any atom is 0.256 e. The summed E-state index contributed by atoms with van der Waals surface area (Å²) >= 11 is 1.65. The van der Waals surface area contributed by atoms with E-state index in [0.29, 0.717) is 11.4 Å². The Labute approximate surface area is 120 Å². The minimum absolute atomic E-state index is 0.157. The van der Waals surface area contributed by atoms with E-state index in [2.05, 4.69) is 15.5 Å². The van der Waals surface area contributed by atoms with Crippen molar-refractivity contribution in [3.63, 3.8) is 0 Å². The number of anilines is 1. The monoisotopic (exact) mass is 283 g/mol. The molecule has 0 atom stereocenters. The van der Waals surface area contributed by atoms with Gasteiger partial charge in [-0.2, -0.15) is 5.10 Å². The first-order chi connectivity index (χ1) is 9.78. The van der Waals surface area contributed by atoms with Crippen molar-refractivity contribution in [2.75, 3.05) is 11.6 Å². The number of fused-ring (bicyclic) bond motifs is 1. The van der Waals surface area contributed by atoms with Gasteiger partial charge in [0.15, 0.2) is 5.82 Å². The lowest BCUT2D eigenvalue weighted by Gasteiger charge is -2.03. The zero-order chi connectivity index (χ0) is 13.9. The summed E-state index contributed by atoms with van der Waals surface area (Å²) in [7, 11) is 0. The standard InChI is InChI=1S/C15H13N3OS/c1-20-11-8-6-10(7-9-11)15(19)16-14-12-4-2-3-5-13(12)17-18-14/h2-9H,1H3,(H2,16,17,18,19). The molecule has 0 spiro atoms. The molecule has 0 aliphatic carbocycles. The third-order valence-corrected chi connectivity index (χ3v) is 3.80. The molecule has 2 N–H and O–H groups in total. The summed E-state index contributed by atoms with van der Waals surface area (Å²) in [5.41, 5.74) is 1.52. The van der Waals surface area contributed by atoms with Crippen LogP contribution >= 0.6 is 11.8 Å². The fourth-order valence-electron chi connectivity index (χ4n) is 1.98. The van der Waals surface area contributed by atoms with Crippen molar-refractivity contribution in [2.24, 2.45) is 0 Å². The SMILES string of the molecule is CSc1ccc(C(=O)Nc2n[nH]c3ccccc23)cc1. The van der Waals surface area contributed by atoms with Gasteiger partial charge in [-0.3, -0.25) is 9.89 Å². The highest BCUT2D eigenvalue weighted by molar-refractivity contribution is 7.98. The van der Waals surface area contributed by atoms with Crippen LogP contribution in [-0.2, 0) is 0 Å². The predicted molar refractivity (Wildman–Crippen MR) is 82.3 cm³/mol. The van der Waals surface area contributed by atoms with Crippen LogP contribution in [0, 0.1) is 0 Å². The summed E-state index contributed by atoms with van der Waals surface area (Å²) in [5, 5.41) is 10.8. The topological polar surface area (TPSA) is 57.8 Å². The first-order valence-electron chi connectivity index (χ1n) is 6.16. The van der Waals surface area contributed by atoms with Crippen molar-refractivity contribution < 1.29 is 4.79 Å². The zero-order valence-electron chi connectivity index (χ0n) is 10.9. The first kappa shape index (κ1) is 12.7. The Hall–Kier alpha value is -2.27. The largest absolute Gasteiger partial charge is 0.305 e. The van der Waals surface area contributed by atoms with Gasteiger partial charge in [0.1, 0.15) is 0 Å². The smallest absolute Gasteiger partial charge is 0.256 e. The number of nitrogens with one attached hydrogen (secondary N) is 2. The molecule has 5 heteroatoms. The summed E-state index contributed by atoms with van der Waals surface area (Å²) in [6.45, 7) is 0. The minimum Gasteiger partial charge on any atom is -0.305 e. The van der Waals surface area contributed by atoms with Crippen molar-refractivity contribution >= 4 is 34.4 Å². The lowest BCUT2D eigenvalue weighted by molar-refractivity contribution is 0.102. The van der Waals surface area contributed by atoms with Crippen molar-refractivity contribution in [1.82, 2.24) is 10.2 Å². The number of carbonyl (C=O) groups excluding carboxylic acids is 1. The van der Waals surface area contributed by atoms with Gasteiger partial charge in [-0.05, 0) is 42.7 Å². The molecule has 0 unspecified atom stereocenters. The molecule has 2 aromatic carbocycles. The van der Waals surface area contributed by atoms with Gasteiger partial charge in [-0.25, -0.2) is 0 Å². The van der Waals surface area contributed by atoms with E-state index in [9.17, 15) is 4.79 Å². The molecule has 1 heterocycles. The second-order valence-corrected chi connectivity index (χ2v) is 5.18. The van der Waals surface area contributed by atoms with Gasteiger partial charge in [0.2, 0.25) is 0 Å². The van der Waals surface area contributed by atoms with Gasteiger partial charge in [-0.15, -0.1) is 11.8 Å². The average molecular weight is 283 g/mol. The Bertz CT molecular complexity index is 749. The Morgan fingerprint density at radius 3 is 2.65 bits per heavy atom. The highest BCUT2D eigenvalue weighted by Crippen LogP contribution is 2.21. The third-order valence-electron chi connectivity index (χ3n) is 3.05. The van der Waals surface area contributed by atoms with E-state index >= 15 is 0 Å². The summed E-state index contributed by atoms with van der Waals surface area (Å²) in [6.07, 6.45) is 2.00. The zero-order valence-corrected chi connectivity index (χ0v) is 11.7. The highest BCUT2D eigenvalue weighted by atomic mass is 32.2. The first-order valence-corrected chi connectivity index (χ1v) is 7.39. The Balaban J connectivity index is 1.84. The Kier molecular flexibility index (Phi) is 3.43. The van der Waals surface area contributed by atoms with E-state index in [-0.39, 0.29) is 5.91 Å². The molecule has 0 aliphatic rings. The van der Waals surface area contributed by atoms with E-state index in [1.807, 2.05) is 54.8 Å². The number of benzene rings is 2. The number of H-pyrrole nitrogens is 1. The summed E-state index contributed by atoms with van der Waals surface area (Å²) in [4.78, 5) is 13.3. The van der Waals surface area contributed by atoms with E-state index < -0.39 is 0 Å². The second-order valence-electron chi connectivity index (χ2n) is 4.30. The molecule has 100 valence electrons. The molecule has 0 aliphatic heterocycles. The van der Waals surface area contributed by atoms with E-state index in [4.69, 9.17) is 0 Å². The molecular weight excluding hydrogens is 270 g/mol. The molecule has 0 saturated carbocycles. The number of para-hydroxylation sites is 1. The molecule has 1 amide bonds. The molecular formula is C15H13N3OS. The summed E-state index contributed by atoms with van der Waals surface area (Å²) < 4.78 is 0. The fourth-order valence-corrected chi connectivity index (χ4v) is 2.39. The lowest BCUT2D eigenvalue weighted by atomic mass is 10.2. The van der Waals surface area contributed by atoms with Gasteiger partial charge in [0, 0.05) is 15.8 Å². The van der Waals surface area contributed by atoms with E-state index in [1.165, 1.54) is 0 Å². The number of hydrogen-bond donors (Lipinski definition) is 2. The Morgan fingerprint density at radius 2 is 1.90 bits per heavy atom. The summed E-state index contributed by atoms with van der Waals surface area (Å²) in [6, 6.07) is 15.2. The van der Waals surface area contributed by atoms with E-state index in [0.717, 1.165) is 15.8 Å². The molecule has 1 aromatic heterocycles. The predicted octanol–water partition coefficient (Wildman–Crippen LogP) is 3.54. The van der Waals surface area contributed by atoms with Crippen LogP contribution in [0.25, 0.3) is 10.9 Å². The maximum atomic E-state index is 12.2. The quantitative estimate of drug-likeness (QED) is 0.723. The average Bonchev–Trinajstić information content (AvgIpc) is 2.91. The molecule has 3 rings (SSSR count). The molecule has 3 aromatic rings. The van der Waals surface area contributed by atoms with Crippen LogP contribution in [0.15, 0.2) is 53.4 Å². The molecule has 0 radical (unpaired) electrons. The number of rotatable bonds is 3. The van der Waals surface area contributed by atoms with Crippen molar-refractivity contribution in [3.05, 3.63) is 54.1 Å².